The molecule has 2 aromatic carbocycles. The normalized spacial score (nSPS) is 16.8. The molecule has 0 bridgehead atoms. The van der Waals surface area contributed by atoms with Crippen molar-refractivity contribution >= 4 is 23.2 Å². The molecule has 3 rings (SSSR count). The summed E-state index contributed by atoms with van der Waals surface area (Å²) in [5.74, 6) is -0.666. The Balaban J connectivity index is 1.51. The average molecular weight is 454 g/mol. The quantitative estimate of drug-likeness (QED) is 0.597. The van der Waals surface area contributed by atoms with Crippen LogP contribution < -0.4 is 0 Å². The number of halogens is 4. The monoisotopic (exact) mass is 453 g/mol. The predicted octanol–water partition coefficient (Wildman–Crippen LogP) is 5.03. The standard InChI is InChI=1S/C23H23ClF3NO3/c24-19-8-6-16(7-9-19)20(29)5-2-12-28-13-10-22(31,11-14-28)21(30)17-3-1-4-18(15-17)23(25,26)27/h1,3-4,6-9,15,31H,2,5,10-14H2. The molecule has 0 spiro atoms. The molecule has 0 radical (unpaired) electrons. The van der Waals surface area contributed by atoms with Gasteiger partial charge in [0.25, 0.3) is 0 Å². The van der Waals surface area contributed by atoms with Gasteiger partial charge in [-0.1, -0.05) is 23.7 Å². The van der Waals surface area contributed by atoms with Crippen LogP contribution >= 0.6 is 11.6 Å². The molecule has 1 aliphatic heterocycles. The lowest BCUT2D eigenvalue weighted by atomic mass is 9.83. The summed E-state index contributed by atoms with van der Waals surface area (Å²) in [6.07, 6.45) is -3.29. The lowest BCUT2D eigenvalue weighted by molar-refractivity contribution is -0.137. The van der Waals surface area contributed by atoms with Crippen LogP contribution in [0.25, 0.3) is 0 Å². The Morgan fingerprint density at radius 1 is 1.03 bits per heavy atom. The fourth-order valence-electron chi connectivity index (χ4n) is 3.72. The first-order chi connectivity index (χ1) is 14.6. The zero-order chi connectivity index (χ0) is 22.6. The molecule has 31 heavy (non-hydrogen) atoms. The number of alkyl halides is 3. The molecule has 4 nitrogen and oxygen atoms in total. The van der Waals surface area contributed by atoms with Gasteiger partial charge in [-0.05, 0) is 62.2 Å². The zero-order valence-electron chi connectivity index (χ0n) is 16.8. The minimum atomic E-state index is -4.55. The molecule has 2 aromatic rings. The van der Waals surface area contributed by atoms with Crippen molar-refractivity contribution in [3.63, 3.8) is 0 Å². The Bertz CT molecular complexity index is 936. The van der Waals surface area contributed by atoms with Crippen LogP contribution in [-0.2, 0) is 6.18 Å². The lowest BCUT2D eigenvalue weighted by Crippen LogP contribution is -2.49. The van der Waals surface area contributed by atoms with Crippen LogP contribution in [0, 0.1) is 0 Å². The molecule has 0 atom stereocenters. The molecular formula is C23H23ClF3NO3. The molecule has 1 heterocycles. The van der Waals surface area contributed by atoms with E-state index in [1.807, 2.05) is 4.90 Å². The molecule has 0 aromatic heterocycles. The van der Waals surface area contributed by atoms with Crippen molar-refractivity contribution in [2.45, 2.75) is 37.5 Å². The average Bonchev–Trinajstić information content (AvgIpc) is 2.74. The maximum Gasteiger partial charge on any atom is 0.416 e. The van der Waals surface area contributed by atoms with Gasteiger partial charge < -0.3 is 10.0 Å². The maximum absolute atomic E-state index is 12.9. The summed E-state index contributed by atoms with van der Waals surface area (Å²) in [6, 6.07) is 10.9. The van der Waals surface area contributed by atoms with E-state index in [4.69, 9.17) is 11.6 Å². The van der Waals surface area contributed by atoms with E-state index in [0.717, 1.165) is 12.1 Å². The summed E-state index contributed by atoms with van der Waals surface area (Å²) in [5.41, 5.74) is -2.13. The van der Waals surface area contributed by atoms with Crippen LogP contribution in [0.3, 0.4) is 0 Å². The molecule has 1 aliphatic rings. The van der Waals surface area contributed by atoms with E-state index in [2.05, 4.69) is 0 Å². The van der Waals surface area contributed by atoms with Crippen molar-refractivity contribution in [2.24, 2.45) is 0 Å². The van der Waals surface area contributed by atoms with Gasteiger partial charge >= 0.3 is 6.18 Å². The van der Waals surface area contributed by atoms with E-state index in [9.17, 15) is 27.9 Å². The van der Waals surface area contributed by atoms with Crippen LogP contribution in [0.4, 0.5) is 13.2 Å². The molecular weight excluding hydrogens is 431 g/mol. The van der Waals surface area contributed by atoms with E-state index in [-0.39, 0.29) is 24.2 Å². The number of hydrogen-bond acceptors (Lipinski definition) is 4. The minimum Gasteiger partial charge on any atom is -0.382 e. The second-order valence-electron chi connectivity index (χ2n) is 7.81. The van der Waals surface area contributed by atoms with Gasteiger partial charge in [-0.25, -0.2) is 0 Å². The first kappa shape index (κ1) is 23.4. The number of carbonyl (C=O) groups is 2. The number of hydrogen-bond donors (Lipinski definition) is 1. The highest BCUT2D eigenvalue weighted by molar-refractivity contribution is 6.30. The largest absolute Gasteiger partial charge is 0.416 e. The second-order valence-corrected chi connectivity index (χ2v) is 8.25. The first-order valence-electron chi connectivity index (χ1n) is 10.0. The Morgan fingerprint density at radius 3 is 2.29 bits per heavy atom. The summed E-state index contributed by atoms with van der Waals surface area (Å²) in [6.45, 7) is 1.49. The number of piperidine rings is 1. The first-order valence-corrected chi connectivity index (χ1v) is 10.4. The van der Waals surface area contributed by atoms with E-state index < -0.39 is 23.1 Å². The third-order valence-corrected chi connectivity index (χ3v) is 5.85. The highest BCUT2D eigenvalue weighted by Gasteiger charge is 2.40. The number of ketones is 2. The van der Waals surface area contributed by atoms with Crippen LogP contribution in [0.15, 0.2) is 48.5 Å². The molecule has 166 valence electrons. The van der Waals surface area contributed by atoms with Crippen molar-refractivity contribution in [1.29, 1.82) is 0 Å². The molecule has 1 fully saturated rings. The summed E-state index contributed by atoms with van der Waals surface area (Å²) in [5, 5.41) is 11.3. The number of rotatable bonds is 7. The van der Waals surface area contributed by atoms with Crippen LogP contribution in [0.1, 0.15) is 52.0 Å². The van der Waals surface area contributed by atoms with E-state index in [1.165, 1.54) is 12.1 Å². The number of Topliss-reactive ketones (excluding diaryl/α,β-unsaturated/α-hetero) is 2. The van der Waals surface area contributed by atoms with Gasteiger partial charge in [-0.3, -0.25) is 9.59 Å². The Hall–Kier alpha value is -2.22. The van der Waals surface area contributed by atoms with Crippen molar-refractivity contribution in [1.82, 2.24) is 4.90 Å². The molecule has 1 N–H and O–H groups in total. The van der Waals surface area contributed by atoms with Gasteiger partial charge in [0.15, 0.2) is 11.6 Å². The van der Waals surface area contributed by atoms with Crippen molar-refractivity contribution in [2.75, 3.05) is 19.6 Å². The molecule has 0 saturated carbocycles. The highest BCUT2D eigenvalue weighted by atomic mass is 35.5. The summed E-state index contributed by atoms with van der Waals surface area (Å²) >= 11 is 5.82. The Morgan fingerprint density at radius 2 is 1.68 bits per heavy atom. The smallest absolute Gasteiger partial charge is 0.382 e. The van der Waals surface area contributed by atoms with Crippen LogP contribution in [0.2, 0.25) is 5.02 Å². The number of aliphatic hydroxyl groups is 1. The lowest BCUT2D eigenvalue weighted by Gasteiger charge is -2.37. The minimum absolute atomic E-state index is 0.0184. The fraction of sp³-hybridized carbons (Fsp3) is 0.391. The SMILES string of the molecule is O=C(CCCN1CCC(O)(C(=O)c2cccc(C(F)(F)F)c2)CC1)c1ccc(Cl)cc1. The molecule has 8 heteroatoms. The topological polar surface area (TPSA) is 57.6 Å². The summed E-state index contributed by atoms with van der Waals surface area (Å²) < 4.78 is 38.7. The zero-order valence-corrected chi connectivity index (χ0v) is 17.5. The van der Waals surface area contributed by atoms with Gasteiger partial charge in [-0.2, -0.15) is 13.2 Å². The van der Waals surface area contributed by atoms with Gasteiger partial charge in [0.05, 0.1) is 5.56 Å². The van der Waals surface area contributed by atoms with Gasteiger partial charge in [0.2, 0.25) is 0 Å². The Kier molecular flexibility index (Phi) is 7.19. The number of likely N-dealkylation sites (tertiary alicyclic amines) is 1. The van der Waals surface area contributed by atoms with Gasteiger partial charge in [0.1, 0.15) is 5.60 Å². The predicted molar refractivity (Wildman–Crippen MR) is 111 cm³/mol. The summed E-state index contributed by atoms with van der Waals surface area (Å²) in [4.78, 5) is 27.0. The Labute approximate surface area is 183 Å². The van der Waals surface area contributed by atoms with E-state index in [0.29, 0.717) is 43.1 Å². The highest BCUT2D eigenvalue weighted by Crippen LogP contribution is 2.32. The van der Waals surface area contributed by atoms with Gasteiger partial charge in [-0.15, -0.1) is 0 Å². The maximum atomic E-state index is 12.9. The third kappa shape index (κ3) is 5.93. The second kappa shape index (κ2) is 9.51. The van der Waals surface area contributed by atoms with E-state index >= 15 is 0 Å². The van der Waals surface area contributed by atoms with Crippen LogP contribution in [-0.4, -0.2) is 46.8 Å². The van der Waals surface area contributed by atoms with Crippen molar-refractivity contribution in [3.8, 4) is 0 Å². The number of nitrogens with zero attached hydrogens (tertiary/aromatic N) is 1. The van der Waals surface area contributed by atoms with Crippen molar-refractivity contribution < 1.29 is 27.9 Å². The van der Waals surface area contributed by atoms with Crippen molar-refractivity contribution in [3.05, 3.63) is 70.2 Å². The molecule has 0 amide bonds. The van der Waals surface area contributed by atoms with Crippen LogP contribution in [0.5, 0.6) is 0 Å². The van der Waals surface area contributed by atoms with Gasteiger partial charge in [0, 0.05) is 35.7 Å². The molecule has 0 aliphatic carbocycles. The molecule has 1 saturated heterocycles. The molecule has 0 unspecified atom stereocenters. The summed E-state index contributed by atoms with van der Waals surface area (Å²) in [7, 11) is 0. The third-order valence-electron chi connectivity index (χ3n) is 5.60. The van der Waals surface area contributed by atoms with E-state index in [1.54, 1.807) is 24.3 Å². The number of carbonyl (C=O) groups excluding carboxylic acids is 2. The fourth-order valence-corrected chi connectivity index (χ4v) is 3.85. The number of benzene rings is 2.